The predicted molar refractivity (Wildman–Crippen MR) is 43.9 cm³/mol. The summed E-state index contributed by atoms with van der Waals surface area (Å²) < 4.78 is 10.1. The topological polar surface area (TPSA) is 47.6 Å². The summed E-state index contributed by atoms with van der Waals surface area (Å²) in [6, 6.07) is 0. The molecule has 1 aliphatic heterocycles. The minimum absolute atomic E-state index is 0.235. The molecule has 0 aromatic rings. The summed E-state index contributed by atoms with van der Waals surface area (Å²) in [4.78, 5) is 11.2. The maximum atomic E-state index is 11.2. The van der Waals surface area contributed by atoms with E-state index in [0.29, 0.717) is 19.6 Å². The fraction of sp³-hybridized carbons (Fsp3) is 0.875. The molecule has 1 atom stereocenters. The first-order valence-corrected chi connectivity index (χ1v) is 4.33. The Bertz CT molecular complexity index is 141. The van der Waals surface area contributed by atoms with Crippen LogP contribution in [0.4, 0.5) is 0 Å². The Balaban J connectivity index is 2.32. The van der Waals surface area contributed by atoms with Crippen LogP contribution in [0, 0.1) is 0 Å². The van der Waals surface area contributed by atoms with Crippen LogP contribution in [0.5, 0.6) is 0 Å². The molecule has 70 valence electrons. The van der Waals surface area contributed by atoms with Crippen molar-refractivity contribution in [3.05, 3.63) is 0 Å². The molecular formula is C8H15NO3. The molecule has 1 aliphatic rings. The van der Waals surface area contributed by atoms with Gasteiger partial charge in [-0.3, -0.25) is 0 Å². The van der Waals surface area contributed by atoms with E-state index in [1.807, 2.05) is 0 Å². The molecule has 1 heterocycles. The molecule has 1 N–H and O–H groups in total. The molecule has 1 rings (SSSR count). The molecule has 1 unspecified atom stereocenters. The van der Waals surface area contributed by atoms with E-state index in [-0.39, 0.29) is 12.1 Å². The summed E-state index contributed by atoms with van der Waals surface area (Å²) >= 11 is 0. The van der Waals surface area contributed by atoms with Crippen molar-refractivity contribution in [2.24, 2.45) is 0 Å². The molecule has 4 heteroatoms. The minimum atomic E-state index is -0.361. The second-order valence-corrected chi connectivity index (χ2v) is 2.65. The Hall–Kier alpha value is -0.610. The van der Waals surface area contributed by atoms with Crippen molar-refractivity contribution in [2.45, 2.75) is 19.4 Å². The molecule has 0 saturated carbocycles. The third-order valence-corrected chi connectivity index (χ3v) is 1.73. The Kier molecular flexibility index (Phi) is 4.04. The second-order valence-electron chi connectivity index (χ2n) is 2.65. The molecule has 0 aliphatic carbocycles. The van der Waals surface area contributed by atoms with Crippen LogP contribution in [0.25, 0.3) is 0 Å². The molecule has 0 bridgehead atoms. The Labute approximate surface area is 72.2 Å². The highest BCUT2D eigenvalue weighted by molar-refractivity contribution is 5.74. The molecule has 4 nitrogen and oxygen atoms in total. The maximum Gasteiger partial charge on any atom is 0.335 e. The van der Waals surface area contributed by atoms with Gasteiger partial charge in [0.25, 0.3) is 0 Å². The Morgan fingerprint density at radius 2 is 2.50 bits per heavy atom. The maximum absolute atomic E-state index is 11.2. The van der Waals surface area contributed by atoms with Crippen molar-refractivity contribution in [1.82, 2.24) is 5.32 Å². The van der Waals surface area contributed by atoms with E-state index in [0.717, 1.165) is 13.1 Å². The van der Waals surface area contributed by atoms with Crippen molar-refractivity contribution in [1.29, 1.82) is 0 Å². The van der Waals surface area contributed by atoms with Gasteiger partial charge in [-0.15, -0.1) is 0 Å². The van der Waals surface area contributed by atoms with Crippen LogP contribution in [0.15, 0.2) is 0 Å². The second kappa shape index (κ2) is 5.11. The minimum Gasteiger partial charge on any atom is -0.464 e. The molecule has 0 spiro atoms. The molecule has 12 heavy (non-hydrogen) atoms. The Morgan fingerprint density at radius 3 is 3.25 bits per heavy atom. The molecule has 1 saturated heterocycles. The van der Waals surface area contributed by atoms with Crippen molar-refractivity contribution < 1.29 is 14.3 Å². The van der Waals surface area contributed by atoms with Gasteiger partial charge in [0.2, 0.25) is 0 Å². The summed E-state index contributed by atoms with van der Waals surface area (Å²) in [5, 5.41) is 3.14. The van der Waals surface area contributed by atoms with Crippen molar-refractivity contribution in [3.63, 3.8) is 0 Å². The third kappa shape index (κ3) is 2.79. The smallest absolute Gasteiger partial charge is 0.335 e. The first-order chi connectivity index (χ1) is 5.84. The third-order valence-electron chi connectivity index (χ3n) is 1.73. The summed E-state index contributed by atoms with van der Waals surface area (Å²) in [6.45, 7) is 4.45. The van der Waals surface area contributed by atoms with E-state index in [1.54, 1.807) is 6.92 Å². The molecule has 0 amide bonds. The quantitative estimate of drug-likeness (QED) is 0.594. The van der Waals surface area contributed by atoms with Gasteiger partial charge in [0, 0.05) is 6.54 Å². The fourth-order valence-corrected chi connectivity index (χ4v) is 1.14. The van der Waals surface area contributed by atoms with Crippen LogP contribution in [0.1, 0.15) is 13.3 Å². The normalized spacial score (nSPS) is 24.6. The summed E-state index contributed by atoms with van der Waals surface area (Å²) in [5.41, 5.74) is 0. The van der Waals surface area contributed by atoms with Crippen molar-refractivity contribution in [2.75, 3.05) is 26.3 Å². The lowest BCUT2D eigenvalue weighted by atomic mass is 10.2. The SMILES string of the molecule is CCOC(=O)C1CCNCCO1. The predicted octanol–water partition coefficient (Wildman–Crippen LogP) is -0.0720. The van der Waals surface area contributed by atoms with Crippen LogP contribution in [-0.4, -0.2) is 38.4 Å². The van der Waals surface area contributed by atoms with E-state index >= 15 is 0 Å². The van der Waals surface area contributed by atoms with E-state index in [1.165, 1.54) is 0 Å². The summed E-state index contributed by atoms with van der Waals surface area (Å²) in [6.07, 6.45) is 0.346. The van der Waals surface area contributed by atoms with Crippen LogP contribution in [0.2, 0.25) is 0 Å². The number of hydrogen-bond acceptors (Lipinski definition) is 4. The van der Waals surface area contributed by atoms with Gasteiger partial charge in [-0.1, -0.05) is 0 Å². The van der Waals surface area contributed by atoms with E-state index < -0.39 is 0 Å². The van der Waals surface area contributed by atoms with Crippen LogP contribution in [-0.2, 0) is 14.3 Å². The highest BCUT2D eigenvalue weighted by Gasteiger charge is 2.21. The zero-order chi connectivity index (χ0) is 8.81. The van der Waals surface area contributed by atoms with Crippen LogP contribution in [0.3, 0.4) is 0 Å². The molecule has 0 aromatic carbocycles. The first-order valence-electron chi connectivity index (χ1n) is 4.33. The van der Waals surface area contributed by atoms with Gasteiger partial charge in [0.05, 0.1) is 13.2 Å². The number of rotatable bonds is 2. The lowest BCUT2D eigenvalue weighted by Crippen LogP contribution is -2.27. The van der Waals surface area contributed by atoms with Crippen LogP contribution >= 0.6 is 0 Å². The van der Waals surface area contributed by atoms with Crippen molar-refractivity contribution >= 4 is 5.97 Å². The highest BCUT2D eigenvalue weighted by Crippen LogP contribution is 2.03. The molecule has 1 fully saturated rings. The zero-order valence-corrected chi connectivity index (χ0v) is 7.34. The highest BCUT2D eigenvalue weighted by atomic mass is 16.6. The number of nitrogens with one attached hydrogen (secondary N) is 1. The van der Waals surface area contributed by atoms with Gasteiger partial charge < -0.3 is 14.8 Å². The number of carbonyl (C=O) groups is 1. The van der Waals surface area contributed by atoms with Gasteiger partial charge in [-0.25, -0.2) is 4.79 Å². The van der Waals surface area contributed by atoms with Gasteiger partial charge in [-0.05, 0) is 19.9 Å². The standard InChI is InChI=1S/C8H15NO3/c1-2-11-8(10)7-3-4-9-5-6-12-7/h7,9H,2-6H2,1H3. The number of carbonyl (C=O) groups excluding carboxylic acids is 1. The van der Waals surface area contributed by atoms with Crippen molar-refractivity contribution in [3.8, 4) is 0 Å². The number of hydrogen-bond donors (Lipinski definition) is 1. The molecular weight excluding hydrogens is 158 g/mol. The van der Waals surface area contributed by atoms with E-state index in [4.69, 9.17) is 9.47 Å². The number of esters is 1. The molecule has 0 radical (unpaired) electrons. The van der Waals surface area contributed by atoms with Crippen LogP contribution < -0.4 is 5.32 Å². The average Bonchev–Trinajstić information content (AvgIpc) is 2.32. The average molecular weight is 173 g/mol. The lowest BCUT2D eigenvalue weighted by Gasteiger charge is -2.12. The fourth-order valence-electron chi connectivity index (χ4n) is 1.14. The number of ether oxygens (including phenoxy) is 2. The van der Waals surface area contributed by atoms with E-state index in [2.05, 4.69) is 5.32 Å². The van der Waals surface area contributed by atoms with Gasteiger partial charge >= 0.3 is 5.97 Å². The lowest BCUT2D eigenvalue weighted by molar-refractivity contribution is -0.156. The van der Waals surface area contributed by atoms with Gasteiger partial charge in [0.1, 0.15) is 0 Å². The van der Waals surface area contributed by atoms with Gasteiger partial charge in [-0.2, -0.15) is 0 Å². The Morgan fingerprint density at radius 1 is 1.67 bits per heavy atom. The zero-order valence-electron chi connectivity index (χ0n) is 7.34. The summed E-state index contributed by atoms with van der Waals surface area (Å²) in [7, 11) is 0. The monoisotopic (exact) mass is 173 g/mol. The largest absolute Gasteiger partial charge is 0.464 e. The van der Waals surface area contributed by atoms with E-state index in [9.17, 15) is 4.79 Å². The van der Waals surface area contributed by atoms with Gasteiger partial charge in [0.15, 0.2) is 6.10 Å². The first kappa shape index (κ1) is 9.48. The molecule has 0 aromatic heterocycles. The summed E-state index contributed by atoms with van der Waals surface area (Å²) in [5.74, 6) is -0.235.